The van der Waals surface area contributed by atoms with Crippen molar-refractivity contribution in [2.24, 2.45) is 0 Å². The number of hydrogen-bond acceptors (Lipinski definition) is 4. The summed E-state index contributed by atoms with van der Waals surface area (Å²) in [5, 5.41) is 3.54. The zero-order valence-corrected chi connectivity index (χ0v) is 24.7. The number of nitrogens with one attached hydrogen (secondary N) is 1. The monoisotopic (exact) mass is 570 g/mol. The van der Waals surface area contributed by atoms with Gasteiger partial charge in [0.2, 0.25) is 11.8 Å². The molecule has 2 aromatic carbocycles. The van der Waals surface area contributed by atoms with Crippen molar-refractivity contribution in [1.29, 1.82) is 0 Å². The molecule has 0 aliphatic heterocycles. The van der Waals surface area contributed by atoms with Gasteiger partial charge >= 0.3 is 10.2 Å². The minimum Gasteiger partial charge on any atom is -0.352 e. The average molecular weight is 572 g/mol. The summed E-state index contributed by atoms with van der Waals surface area (Å²) >= 11 is 12.8. The molecule has 0 saturated heterocycles. The van der Waals surface area contributed by atoms with E-state index in [2.05, 4.69) is 5.32 Å². The van der Waals surface area contributed by atoms with Gasteiger partial charge in [-0.25, -0.2) is 4.31 Å². The average Bonchev–Trinajstić information content (AvgIpc) is 2.80. The molecule has 0 aromatic heterocycles. The van der Waals surface area contributed by atoms with E-state index in [4.69, 9.17) is 23.2 Å². The van der Waals surface area contributed by atoms with Crippen LogP contribution in [0.2, 0.25) is 10.0 Å². The molecular formula is C26H36Cl2N4O4S. The number of amides is 2. The minimum atomic E-state index is -4.05. The molecule has 11 heteroatoms. The molecule has 0 aliphatic carbocycles. The normalized spacial score (nSPS) is 12.5. The Balaban J connectivity index is 2.62. The number of carbonyl (C=O) groups is 2. The molecule has 37 heavy (non-hydrogen) atoms. The number of halogens is 2. The fourth-order valence-corrected chi connectivity index (χ4v) is 5.47. The summed E-state index contributed by atoms with van der Waals surface area (Å²) in [5.74, 6) is -0.907. The van der Waals surface area contributed by atoms with Gasteiger partial charge in [0.15, 0.2) is 0 Å². The Morgan fingerprint density at radius 3 is 2.14 bits per heavy atom. The number of rotatable bonds is 11. The van der Waals surface area contributed by atoms with Gasteiger partial charge in [-0.1, -0.05) is 48.3 Å². The molecule has 2 aromatic rings. The van der Waals surface area contributed by atoms with Crippen LogP contribution in [0, 0.1) is 13.8 Å². The van der Waals surface area contributed by atoms with Crippen LogP contribution in [0.4, 0.5) is 5.69 Å². The topological polar surface area (TPSA) is 90.0 Å². The molecule has 0 saturated carbocycles. The van der Waals surface area contributed by atoms with E-state index >= 15 is 0 Å². The molecule has 204 valence electrons. The maximum atomic E-state index is 13.9. The number of anilines is 1. The van der Waals surface area contributed by atoms with Crippen molar-refractivity contribution < 1.29 is 18.0 Å². The largest absolute Gasteiger partial charge is 0.352 e. The van der Waals surface area contributed by atoms with E-state index < -0.39 is 28.7 Å². The smallest absolute Gasteiger partial charge is 0.304 e. The van der Waals surface area contributed by atoms with Crippen LogP contribution in [0.5, 0.6) is 0 Å². The Morgan fingerprint density at radius 2 is 1.62 bits per heavy atom. The first kappa shape index (κ1) is 30.9. The lowest BCUT2D eigenvalue weighted by atomic mass is 10.1. The van der Waals surface area contributed by atoms with Crippen LogP contribution in [0.15, 0.2) is 36.4 Å². The summed E-state index contributed by atoms with van der Waals surface area (Å²) in [6.45, 7) is 8.49. The second kappa shape index (κ2) is 13.0. The van der Waals surface area contributed by atoms with Crippen LogP contribution >= 0.6 is 23.2 Å². The Labute approximate surface area is 230 Å². The van der Waals surface area contributed by atoms with E-state index in [9.17, 15) is 18.0 Å². The van der Waals surface area contributed by atoms with Crippen molar-refractivity contribution >= 4 is 50.9 Å². The number of benzene rings is 2. The van der Waals surface area contributed by atoms with Gasteiger partial charge in [0.05, 0.1) is 5.69 Å². The van der Waals surface area contributed by atoms with Crippen molar-refractivity contribution in [2.45, 2.75) is 59.7 Å². The number of carbonyl (C=O) groups excluding carboxylic acids is 2. The number of hydrogen-bond donors (Lipinski definition) is 1. The van der Waals surface area contributed by atoms with Gasteiger partial charge in [0, 0.05) is 42.3 Å². The van der Waals surface area contributed by atoms with Crippen molar-refractivity contribution in [1.82, 2.24) is 14.5 Å². The molecule has 0 heterocycles. The van der Waals surface area contributed by atoms with Crippen molar-refractivity contribution in [2.75, 3.05) is 24.9 Å². The predicted octanol–water partition coefficient (Wildman–Crippen LogP) is 4.56. The third kappa shape index (κ3) is 7.60. The van der Waals surface area contributed by atoms with Gasteiger partial charge in [0.1, 0.15) is 12.6 Å². The molecular weight excluding hydrogens is 535 g/mol. The Kier molecular flexibility index (Phi) is 10.8. The van der Waals surface area contributed by atoms with E-state index in [0.717, 1.165) is 14.2 Å². The summed E-state index contributed by atoms with van der Waals surface area (Å²) in [7, 11) is -1.24. The minimum absolute atomic E-state index is 0.0655. The summed E-state index contributed by atoms with van der Waals surface area (Å²) in [5.41, 5.74) is 2.39. The quantitative estimate of drug-likeness (QED) is 0.429. The Bertz CT molecular complexity index is 1210. The molecule has 0 radical (unpaired) electrons. The van der Waals surface area contributed by atoms with Gasteiger partial charge in [-0.05, 0) is 63.4 Å². The molecule has 8 nitrogen and oxygen atoms in total. The highest BCUT2D eigenvalue weighted by molar-refractivity contribution is 7.90. The zero-order chi connectivity index (χ0) is 28.1. The second-order valence-corrected chi connectivity index (χ2v) is 12.3. The molecule has 1 N–H and O–H groups in total. The predicted molar refractivity (Wildman–Crippen MR) is 150 cm³/mol. The number of aryl methyl sites for hydroxylation is 2. The zero-order valence-electron chi connectivity index (χ0n) is 22.4. The maximum Gasteiger partial charge on any atom is 0.304 e. The molecule has 1 unspecified atom stereocenters. The molecule has 0 aliphatic rings. The Hall–Kier alpha value is -2.33. The molecule has 0 fully saturated rings. The third-order valence-corrected chi connectivity index (χ3v) is 8.37. The molecule has 2 amide bonds. The summed E-state index contributed by atoms with van der Waals surface area (Å²) in [6.07, 6.45) is 0.302. The standard InChI is InChI=1S/C26H36Cl2N4O4S/c1-8-23(26(34)29-17(2)3)31(15-20-21(27)10-9-11-22(20)28)25(33)16-32(37(35,36)30(6)7)24-14-18(4)12-13-19(24)5/h9-14,17,23H,8,15-16H2,1-7H3,(H,29,34). The molecule has 0 spiro atoms. The fourth-order valence-electron chi connectivity index (χ4n) is 3.84. The van der Waals surface area contributed by atoms with Crippen LogP contribution in [0.3, 0.4) is 0 Å². The van der Waals surface area contributed by atoms with Crippen LogP contribution in [0.25, 0.3) is 0 Å². The third-order valence-electron chi connectivity index (χ3n) is 5.86. The fraction of sp³-hybridized carbons (Fsp3) is 0.462. The van der Waals surface area contributed by atoms with Crippen molar-refractivity contribution in [3.05, 3.63) is 63.1 Å². The lowest BCUT2D eigenvalue weighted by Crippen LogP contribution is -2.54. The maximum absolute atomic E-state index is 13.9. The van der Waals surface area contributed by atoms with Crippen LogP contribution < -0.4 is 9.62 Å². The Morgan fingerprint density at radius 1 is 1.03 bits per heavy atom. The van der Waals surface area contributed by atoms with Crippen molar-refractivity contribution in [3.8, 4) is 0 Å². The molecule has 2 rings (SSSR count). The highest BCUT2D eigenvalue weighted by Gasteiger charge is 2.35. The van der Waals surface area contributed by atoms with E-state index in [1.807, 2.05) is 26.8 Å². The van der Waals surface area contributed by atoms with E-state index in [0.29, 0.717) is 33.3 Å². The van der Waals surface area contributed by atoms with Gasteiger partial charge < -0.3 is 10.2 Å². The highest BCUT2D eigenvalue weighted by atomic mass is 35.5. The summed E-state index contributed by atoms with van der Waals surface area (Å²) in [4.78, 5) is 28.4. The second-order valence-electron chi connectivity index (χ2n) is 9.40. The van der Waals surface area contributed by atoms with E-state index in [1.54, 1.807) is 44.2 Å². The van der Waals surface area contributed by atoms with Crippen LogP contribution in [0.1, 0.15) is 43.9 Å². The van der Waals surface area contributed by atoms with Gasteiger partial charge in [0.25, 0.3) is 0 Å². The first-order valence-corrected chi connectivity index (χ1v) is 14.2. The molecule has 0 bridgehead atoms. The first-order valence-electron chi connectivity index (χ1n) is 12.0. The molecule has 1 atom stereocenters. The lowest BCUT2D eigenvalue weighted by molar-refractivity contribution is -0.140. The van der Waals surface area contributed by atoms with Crippen LogP contribution in [-0.4, -0.2) is 62.2 Å². The summed E-state index contributed by atoms with van der Waals surface area (Å²) < 4.78 is 28.9. The van der Waals surface area contributed by atoms with E-state index in [1.165, 1.54) is 19.0 Å². The van der Waals surface area contributed by atoms with E-state index in [-0.39, 0.29) is 18.5 Å². The SMILES string of the molecule is CCC(C(=O)NC(C)C)N(Cc1c(Cl)cccc1Cl)C(=O)CN(c1cc(C)ccc1C)S(=O)(=O)N(C)C. The van der Waals surface area contributed by atoms with Crippen molar-refractivity contribution in [3.63, 3.8) is 0 Å². The van der Waals surface area contributed by atoms with Gasteiger partial charge in [-0.3, -0.25) is 9.59 Å². The lowest BCUT2D eigenvalue weighted by Gasteiger charge is -2.35. The first-order chi connectivity index (χ1) is 17.2. The van der Waals surface area contributed by atoms with Gasteiger partial charge in [-0.2, -0.15) is 12.7 Å². The highest BCUT2D eigenvalue weighted by Crippen LogP contribution is 2.29. The summed E-state index contributed by atoms with van der Waals surface area (Å²) in [6, 6.07) is 9.37. The van der Waals surface area contributed by atoms with Gasteiger partial charge in [-0.15, -0.1) is 0 Å². The number of nitrogens with zero attached hydrogens (tertiary/aromatic N) is 3. The van der Waals surface area contributed by atoms with Crippen LogP contribution in [-0.2, 0) is 26.3 Å².